The molecule has 1 fully saturated rings. The maximum atomic E-state index is 8.60. The van der Waals surface area contributed by atoms with Gasteiger partial charge in [-0.2, -0.15) is 5.26 Å². The van der Waals surface area contributed by atoms with Crippen LogP contribution in [0.1, 0.15) is 32.6 Å². The molecule has 1 aliphatic carbocycles. The van der Waals surface area contributed by atoms with Gasteiger partial charge in [0.1, 0.15) is 0 Å². The van der Waals surface area contributed by atoms with E-state index in [4.69, 9.17) is 11.7 Å². The third-order valence-corrected chi connectivity index (χ3v) is 2.66. The summed E-state index contributed by atoms with van der Waals surface area (Å²) < 4.78 is 0. The summed E-state index contributed by atoms with van der Waals surface area (Å²) in [6, 6.07) is 2.62. The highest BCUT2D eigenvalue weighted by Gasteiger charge is 2.41. The van der Waals surface area contributed by atoms with Gasteiger partial charge in [-0.15, -0.1) is 12.3 Å². The molecule has 70 valence electrons. The summed E-state index contributed by atoms with van der Waals surface area (Å²) in [4.78, 5) is 0. The van der Waals surface area contributed by atoms with Crippen molar-refractivity contribution in [1.82, 2.24) is 5.32 Å². The maximum absolute atomic E-state index is 8.60. The SMILES string of the molecule is C#CCC(C)NCC1(CC#N)CC1. The fourth-order valence-corrected chi connectivity index (χ4v) is 1.40. The van der Waals surface area contributed by atoms with Gasteiger partial charge in [-0.25, -0.2) is 0 Å². The molecule has 0 heterocycles. The zero-order valence-electron chi connectivity index (χ0n) is 8.14. The lowest BCUT2D eigenvalue weighted by Gasteiger charge is -2.16. The van der Waals surface area contributed by atoms with Gasteiger partial charge in [0.2, 0.25) is 0 Å². The Labute approximate surface area is 80.3 Å². The standard InChI is InChI=1S/C11H16N2/c1-3-4-10(2)13-9-11(5-6-11)7-8-12/h1,10,13H,4-7,9H2,2H3. The molecule has 0 amide bonds. The molecule has 0 radical (unpaired) electrons. The second-order valence-electron chi connectivity index (χ2n) is 4.03. The molecule has 0 spiro atoms. The zero-order valence-corrected chi connectivity index (χ0v) is 8.14. The fraction of sp³-hybridized carbons (Fsp3) is 0.727. The predicted octanol–water partition coefficient (Wildman–Crippen LogP) is 1.68. The lowest BCUT2D eigenvalue weighted by molar-refractivity contribution is 0.430. The minimum atomic E-state index is 0.289. The molecular formula is C11H16N2. The highest BCUT2D eigenvalue weighted by atomic mass is 14.9. The third kappa shape index (κ3) is 3.09. The van der Waals surface area contributed by atoms with Crippen LogP contribution in [0.2, 0.25) is 0 Å². The van der Waals surface area contributed by atoms with Crippen molar-refractivity contribution in [2.75, 3.05) is 6.54 Å². The van der Waals surface area contributed by atoms with Crippen molar-refractivity contribution in [1.29, 1.82) is 5.26 Å². The Kier molecular flexibility index (Phi) is 3.34. The van der Waals surface area contributed by atoms with Gasteiger partial charge in [-0.1, -0.05) is 0 Å². The monoisotopic (exact) mass is 176 g/mol. The number of nitriles is 1. The highest BCUT2D eigenvalue weighted by Crippen LogP contribution is 2.47. The largest absolute Gasteiger partial charge is 0.313 e. The molecule has 0 bridgehead atoms. The summed E-state index contributed by atoms with van der Waals surface area (Å²) in [5.41, 5.74) is 0.289. The lowest BCUT2D eigenvalue weighted by Crippen LogP contribution is -2.31. The smallest absolute Gasteiger partial charge is 0.0628 e. The maximum Gasteiger partial charge on any atom is 0.0628 e. The van der Waals surface area contributed by atoms with Crippen molar-refractivity contribution >= 4 is 0 Å². The molecule has 1 atom stereocenters. The van der Waals surface area contributed by atoms with Crippen LogP contribution in [0.5, 0.6) is 0 Å². The first-order valence-corrected chi connectivity index (χ1v) is 4.76. The molecule has 0 aromatic heterocycles. The van der Waals surface area contributed by atoms with Gasteiger partial charge >= 0.3 is 0 Å². The van der Waals surface area contributed by atoms with E-state index in [2.05, 4.69) is 24.2 Å². The first-order valence-electron chi connectivity index (χ1n) is 4.76. The quantitative estimate of drug-likeness (QED) is 0.647. The highest BCUT2D eigenvalue weighted by molar-refractivity contribution is 5.01. The van der Waals surface area contributed by atoms with Gasteiger partial charge in [0.15, 0.2) is 0 Å². The lowest BCUT2D eigenvalue weighted by atomic mass is 10.0. The molecule has 0 aromatic carbocycles. The normalized spacial score (nSPS) is 19.9. The van der Waals surface area contributed by atoms with Gasteiger partial charge in [-0.05, 0) is 25.2 Å². The molecule has 2 heteroatoms. The van der Waals surface area contributed by atoms with E-state index in [9.17, 15) is 0 Å². The van der Waals surface area contributed by atoms with Crippen molar-refractivity contribution in [2.45, 2.75) is 38.6 Å². The van der Waals surface area contributed by atoms with Gasteiger partial charge in [0.05, 0.1) is 6.07 Å². The molecule has 1 N–H and O–H groups in total. The molecular weight excluding hydrogens is 160 g/mol. The molecule has 1 aliphatic rings. The van der Waals surface area contributed by atoms with Crippen molar-refractivity contribution in [3.05, 3.63) is 0 Å². The average molecular weight is 176 g/mol. The van der Waals surface area contributed by atoms with Crippen LogP contribution >= 0.6 is 0 Å². The molecule has 1 unspecified atom stereocenters. The van der Waals surface area contributed by atoms with E-state index in [-0.39, 0.29) is 5.41 Å². The van der Waals surface area contributed by atoms with Crippen molar-refractivity contribution in [3.8, 4) is 18.4 Å². The van der Waals surface area contributed by atoms with Crippen LogP contribution in [0.4, 0.5) is 0 Å². The summed E-state index contributed by atoms with van der Waals surface area (Å²) in [6.45, 7) is 3.03. The van der Waals surface area contributed by atoms with Crippen LogP contribution in [-0.4, -0.2) is 12.6 Å². The second-order valence-corrected chi connectivity index (χ2v) is 4.03. The van der Waals surface area contributed by atoms with E-state index in [0.29, 0.717) is 12.5 Å². The van der Waals surface area contributed by atoms with Crippen LogP contribution in [0.3, 0.4) is 0 Å². The number of hydrogen-bond acceptors (Lipinski definition) is 2. The Morgan fingerprint density at radius 3 is 2.77 bits per heavy atom. The average Bonchev–Trinajstić information content (AvgIpc) is 2.84. The first-order chi connectivity index (χ1) is 6.22. The molecule has 0 aromatic rings. The van der Waals surface area contributed by atoms with Gasteiger partial charge in [0, 0.05) is 25.4 Å². The van der Waals surface area contributed by atoms with E-state index >= 15 is 0 Å². The van der Waals surface area contributed by atoms with E-state index in [0.717, 1.165) is 13.0 Å². The predicted molar refractivity (Wildman–Crippen MR) is 52.8 cm³/mol. The topological polar surface area (TPSA) is 35.8 Å². The van der Waals surface area contributed by atoms with Crippen LogP contribution in [0.25, 0.3) is 0 Å². The van der Waals surface area contributed by atoms with E-state index in [1.54, 1.807) is 0 Å². The number of nitrogens with one attached hydrogen (secondary N) is 1. The number of nitrogens with zero attached hydrogens (tertiary/aromatic N) is 1. The molecule has 0 saturated heterocycles. The number of hydrogen-bond donors (Lipinski definition) is 1. The van der Waals surface area contributed by atoms with Gasteiger partial charge < -0.3 is 5.32 Å². The Balaban J connectivity index is 2.20. The minimum Gasteiger partial charge on any atom is -0.313 e. The molecule has 13 heavy (non-hydrogen) atoms. The molecule has 1 rings (SSSR count). The van der Waals surface area contributed by atoms with Crippen LogP contribution in [0, 0.1) is 29.1 Å². The Bertz CT molecular complexity index is 240. The summed E-state index contributed by atoms with van der Waals surface area (Å²) in [5.74, 6) is 2.63. The second kappa shape index (κ2) is 4.30. The Morgan fingerprint density at radius 1 is 1.62 bits per heavy atom. The molecule has 2 nitrogen and oxygen atoms in total. The number of terminal acetylenes is 1. The first kappa shape index (κ1) is 10.1. The summed E-state index contributed by atoms with van der Waals surface area (Å²) in [6.07, 6.45) is 9.03. The van der Waals surface area contributed by atoms with Crippen molar-refractivity contribution in [2.24, 2.45) is 5.41 Å². The summed E-state index contributed by atoms with van der Waals surface area (Å²) in [7, 11) is 0. The van der Waals surface area contributed by atoms with Crippen LogP contribution in [0.15, 0.2) is 0 Å². The van der Waals surface area contributed by atoms with E-state index in [1.165, 1.54) is 12.8 Å². The van der Waals surface area contributed by atoms with Crippen LogP contribution < -0.4 is 5.32 Å². The Morgan fingerprint density at radius 2 is 2.31 bits per heavy atom. The van der Waals surface area contributed by atoms with Crippen LogP contribution in [-0.2, 0) is 0 Å². The molecule has 0 aliphatic heterocycles. The minimum absolute atomic E-state index is 0.289. The number of rotatable bonds is 5. The third-order valence-electron chi connectivity index (χ3n) is 2.66. The van der Waals surface area contributed by atoms with Gasteiger partial charge in [-0.3, -0.25) is 0 Å². The van der Waals surface area contributed by atoms with E-state index in [1.807, 2.05) is 0 Å². The Hall–Kier alpha value is -0.990. The summed E-state index contributed by atoms with van der Waals surface area (Å²) in [5, 5.41) is 12.0. The zero-order chi connectivity index (χ0) is 9.73. The van der Waals surface area contributed by atoms with E-state index < -0.39 is 0 Å². The van der Waals surface area contributed by atoms with Crippen molar-refractivity contribution < 1.29 is 0 Å². The summed E-state index contributed by atoms with van der Waals surface area (Å²) >= 11 is 0. The molecule has 1 saturated carbocycles. The van der Waals surface area contributed by atoms with Crippen molar-refractivity contribution in [3.63, 3.8) is 0 Å². The fourth-order valence-electron chi connectivity index (χ4n) is 1.40. The van der Waals surface area contributed by atoms with Gasteiger partial charge in [0.25, 0.3) is 0 Å².